The summed E-state index contributed by atoms with van der Waals surface area (Å²) in [5.41, 5.74) is 7.90. The maximum Gasteiger partial charge on any atom is 0.119 e. The van der Waals surface area contributed by atoms with Crippen LogP contribution in [0.25, 0.3) is 11.1 Å². The Bertz CT molecular complexity index is 470. The second-order valence-electron chi connectivity index (χ2n) is 4.59. The van der Waals surface area contributed by atoms with Gasteiger partial charge < -0.3 is 10.5 Å². The van der Waals surface area contributed by atoms with Crippen molar-refractivity contribution in [3.8, 4) is 16.9 Å². The van der Waals surface area contributed by atoms with Crippen LogP contribution < -0.4 is 10.5 Å². The van der Waals surface area contributed by atoms with Gasteiger partial charge in [-0.2, -0.15) is 0 Å². The quantitative estimate of drug-likeness (QED) is 0.773. The Labute approximate surface area is 127 Å². The van der Waals surface area contributed by atoms with Crippen LogP contribution in [0.5, 0.6) is 5.75 Å². The first kappa shape index (κ1) is 16.5. The molecule has 0 bridgehead atoms. The van der Waals surface area contributed by atoms with E-state index in [1.165, 1.54) is 11.1 Å². The predicted octanol–water partition coefficient (Wildman–Crippen LogP) is 4.28. The highest BCUT2D eigenvalue weighted by Gasteiger charge is 1.98. The van der Waals surface area contributed by atoms with Gasteiger partial charge in [0.25, 0.3) is 0 Å². The van der Waals surface area contributed by atoms with Gasteiger partial charge in [-0.3, -0.25) is 0 Å². The van der Waals surface area contributed by atoms with Gasteiger partial charge in [-0.25, -0.2) is 0 Å². The standard InChI is InChI=1S/C17H21NO.ClH/c18-13-5-2-6-14-19-17-11-9-16(10-12-17)15-7-3-1-4-8-15;/h1,3-4,7-12H,2,5-6,13-14,18H2;1H. The molecule has 0 spiro atoms. The van der Waals surface area contributed by atoms with Gasteiger partial charge in [0, 0.05) is 0 Å². The van der Waals surface area contributed by atoms with Crippen LogP contribution in [-0.2, 0) is 0 Å². The normalized spacial score (nSPS) is 9.85. The molecule has 0 aliphatic rings. The molecule has 0 atom stereocenters. The third-order valence-electron chi connectivity index (χ3n) is 3.08. The van der Waals surface area contributed by atoms with Crippen LogP contribution in [-0.4, -0.2) is 13.2 Å². The molecule has 0 radical (unpaired) electrons. The van der Waals surface area contributed by atoms with Crippen molar-refractivity contribution < 1.29 is 4.74 Å². The Hall–Kier alpha value is -1.51. The Balaban J connectivity index is 0.00000200. The summed E-state index contributed by atoms with van der Waals surface area (Å²) in [4.78, 5) is 0. The molecule has 2 N–H and O–H groups in total. The van der Waals surface area contributed by atoms with E-state index in [4.69, 9.17) is 10.5 Å². The SMILES string of the molecule is Cl.NCCCCCOc1ccc(-c2ccccc2)cc1. The molecule has 0 aliphatic carbocycles. The van der Waals surface area contributed by atoms with Crippen LogP contribution in [0.4, 0.5) is 0 Å². The van der Waals surface area contributed by atoms with E-state index in [-0.39, 0.29) is 12.4 Å². The van der Waals surface area contributed by atoms with E-state index >= 15 is 0 Å². The van der Waals surface area contributed by atoms with Crippen molar-refractivity contribution >= 4 is 12.4 Å². The summed E-state index contributed by atoms with van der Waals surface area (Å²) in [5.74, 6) is 0.937. The van der Waals surface area contributed by atoms with Crippen molar-refractivity contribution in [2.45, 2.75) is 19.3 Å². The molecule has 0 aliphatic heterocycles. The second kappa shape index (κ2) is 9.40. The minimum Gasteiger partial charge on any atom is -0.494 e. The van der Waals surface area contributed by atoms with E-state index < -0.39 is 0 Å². The Kier molecular flexibility index (Phi) is 7.78. The monoisotopic (exact) mass is 291 g/mol. The van der Waals surface area contributed by atoms with Gasteiger partial charge in [0.1, 0.15) is 5.75 Å². The molecule has 0 aromatic heterocycles. The van der Waals surface area contributed by atoms with Gasteiger partial charge in [-0.05, 0) is 49.1 Å². The van der Waals surface area contributed by atoms with E-state index in [0.717, 1.165) is 38.2 Å². The van der Waals surface area contributed by atoms with Crippen LogP contribution in [0.1, 0.15) is 19.3 Å². The number of hydrogen-bond donors (Lipinski definition) is 1. The molecule has 2 nitrogen and oxygen atoms in total. The molecule has 2 aromatic rings. The van der Waals surface area contributed by atoms with Crippen LogP contribution >= 0.6 is 12.4 Å². The molecule has 0 fully saturated rings. The van der Waals surface area contributed by atoms with Crippen LogP contribution in [0.15, 0.2) is 54.6 Å². The molecule has 20 heavy (non-hydrogen) atoms. The summed E-state index contributed by atoms with van der Waals surface area (Å²) in [6.07, 6.45) is 3.28. The van der Waals surface area contributed by atoms with Gasteiger partial charge in [-0.1, -0.05) is 42.5 Å². The van der Waals surface area contributed by atoms with Crippen molar-refractivity contribution in [2.75, 3.05) is 13.2 Å². The third kappa shape index (κ3) is 5.24. The number of rotatable bonds is 7. The molecule has 0 heterocycles. The lowest BCUT2D eigenvalue weighted by atomic mass is 10.1. The van der Waals surface area contributed by atoms with Crippen molar-refractivity contribution in [3.05, 3.63) is 54.6 Å². The Morgan fingerprint density at radius 2 is 1.40 bits per heavy atom. The summed E-state index contributed by atoms with van der Waals surface area (Å²) in [6.45, 7) is 1.54. The number of benzene rings is 2. The molecular formula is C17H22ClNO. The maximum atomic E-state index is 5.70. The zero-order chi connectivity index (χ0) is 13.3. The summed E-state index contributed by atoms with van der Waals surface area (Å²) >= 11 is 0. The first-order valence-corrected chi connectivity index (χ1v) is 6.88. The number of ether oxygens (including phenoxy) is 1. The van der Waals surface area contributed by atoms with E-state index in [0.29, 0.717) is 0 Å². The zero-order valence-electron chi connectivity index (χ0n) is 11.6. The number of unbranched alkanes of at least 4 members (excludes halogenated alkanes) is 2. The third-order valence-corrected chi connectivity index (χ3v) is 3.08. The highest BCUT2D eigenvalue weighted by atomic mass is 35.5. The topological polar surface area (TPSA) is 35.2 Å². The highest BCUT2D eigenvalue weighted by molar-refractivity contribution is 5.85. The fraction of sp³-hybridized carbons (Fsp3) is 0.294. The second-order valence-corrected chi connectivity index (χ2v) is 4.59. The average Bonchev–Trinajstić information content (AvgIpc) is 2.49. The van der Waals surface area contributed by atoms with Crippen molar-refractivity contribution in [1.29, 1.82) is 0 Å². The van der Waals surface area contributed by atoms with Gasteiger partial charge in [0.05, 0.1) is 6.61 Å². The lowest BCUT2D eigenvalue weighted by Crippen LogP contribution is -2.01. The zero-order valence-corrected chi connectivity index (χ0v) is 12.4. The predicted molar refractivity (Wildman–Crippen MR) is 87.5 cm³/mol. The van der Waals surface area contributed by atoms with Crippen molar-refractivity contribution in [2.24, 2.45) is 5.73 Å². The van der Waals surface area contributed by atoms with Crippen LogP contribution in [0.3, 0.4) is 0 Å². The average molecular weight is 292 g/mol. The Morgan fingerprint density at radius 1 is 0.750 bits per heavy atom. The smallest absolute Gasteiger partial charge is 0.119 e. The molecule has 3 heteroatoms. The molecule has 108 valence electrons. The minimum atomic E-state index is 0. The molecule has 0 saturated heterocycles. The maximum absolute atomic E-state index is 5.70. The first-order valence-electron chi connectivity index (χ1n) is 6.88. The van der Waals surface area contributed by atoms with Crippen LogP contribution in [0.2, 0.25) is 0 Å². The van der Waals surface area contributed by atoms with E-state index in [9.17, 15) is 0 Å². The van der Waals surface area contributed by atoms with E-state index in [1.807, 2.05) is 18.2 Å². The fourth-order valence-corrected chi connectivity index (χ4v) is 1.99. The molecule has 0 amide bonds. The fourth-order valence-electron chi connectivity index (χ4n) is 1.99. The molecule has 2 aromatic carbocycles. The van der Waals surface area contributed by atoms with E-state index in [1.54, 1.807) is 0 Å². The lowest BCUT2D eigenvalue weighted by molar-refractivity contribution is 0.306. The highest BCUT2D eigenvalue weighted by Crippen LogP contribution is 2.22. The van der Waals surface area contributed by atoms with Crippen molar-refractivity contribution in [1.82, 2.24) is 0 Å². The van der Waals surface area contributed by atoms with Gasteiger partial charge in [-0.15, -0.1) is 12.4 Å². The van der Waals surface area contributed by atoms with Crippen molar-refractivity contribution in [3.63, 3.8) is 0 Å². The first-order chi connectivity index (χ1) is 9.40. The molecule has 2 rings (SSSR count). The number of halogens is 1. The molecule has 0 unspecified atom stereocenters. The summed E-state index contributed by atoms with van der Waals surface area (Å²) < 4.78 is 5.70. The summed E-state index contributed by atoms with van der Waals surface area (Å²) in [7, 11) is 0. The van der Waals surface area contributed by atoms with E-state index in [2.05, 4.69) is 36.4 Å². The summed E-state index contributed by atoms with van der Waals surface area (Å²) in [5, 5.41) is 0. The van der Waals surface area contributed by atoms with Gasteiger partial charge in [0.15, 0.2) is 0 Å². The lowest BCUT2D eigenvalue weighted by Gasteiger charge is -2.07. The summed E-state index contributed by atoms with van der Waals surface area (Å²) in [6, 6.07) is 18.6. The minimum absolute atomic E-state index is 0. The Morgan fingerprint density at radius 3 is 2.05 bits per heavy atom. The number of nitrogens with two attached hydrogens (primary N) is 1. The number of hydrogen-bond acceptors (Lipinski definition) is 2. The van der Waals surface area contributed by atoms with Gasteiger partial charge in [0.2, 0.25) is 0 Å². The molecular weight excluding hydrogens is 270 g/mol. The van der Waals surface area contributed by atoms with Crippen LogP contribution in [0, 0.1) is 0 Å². The largest absolute Gasteiger partial charge is 0.494 e. The van der Waals surface area contributed by atoms with Gasteiger partial charge >= 0.3 is 0 Å². The molecule has 0 saturated carbocycles.